The molecule has 0 saturated carbocycles. The van der Waals surface area contributed by atoms with Gasteiger partial charge < -0.3 is 11.1 Å². The molecule has 0 atom stereocenters. The number of carbonyl (C=O) groups is 1. The molecule has 108 valence electrons. The number of nitriles is 1. The predicted molar refractivity (Wildman–Crippen MR) is 87.9 cm³/mol. The molecular formula is C16H12N4OS. The Morgan fingerprint density at radius 2 is 2.00 bits per heavy atom. The zero-order valence-corrected chi connectivity index (χ0v) is 12.6. The van der Waals surface area contributed by atoms with Crippen molar-refractivity contribution in [3.63, 3.8) is 0 Å². The van der Waals surface area contributed by atoms with Gasteiger partial charge in [0.25, 0.3) is 5.91 Å². The molecule has 3 rings (SSSR count). The van der Waals surface area contributed by atoms with Crippen LogP contribution in [0, 0.1) is 18.3 Å². The van der Waals surface area contributed by atoms with Gasteiger partial charge in [0.2, 0.25) is 0 Å². The summed E-state index contributed by atoms with van der Waals surface area (Å²) in [6.45, 7) is 1.89. The molecule has 6 heteroatoms. The lowest BCUT2D eigenvalue weighted by molar-refractivity contribution is 0.103. The summed E-state index contributed by atoms with van der Waals surface area (Å²) in [6, 6.07) is 12.4. The van der Waals surface area contributed by atoms with E-state index in [-0.39, 0.29) is 5.91 Å². The van der Waals surface area contributed by atoms with Gasteiger partial charge in [0.1, 0.15) is 9.71 Å². The van der Waals surface area contributed by atoms with E-state index in [1.807, 2.05) is 25.1 Å². The first-order valence-corrected chi connectivity index (χ1v) is 7.37. The summed E-state index contributed by atoms with van der Waals surface area (Å²) in [6.07, 6.45) is 0. The number of nitrogens with two attached hydrogens (primary N) is 1. The minimum absolute atomic E-state index is 0.275. The molecule has 3 aromatic rings. The zero-order chi connectivity index (χ0) is 15.7. The van der Waals surface area contributed by atoms with E-state index in [2.05, 4.69) is 10.3 Å². The number of carbonyl (C=O) groups excluding carboxylic acids is 1. The number of hydrogen-bond donors (Lipinski definition) is 2. The Labute approximate surface area is 131 Å². The molecule has 0 aliphatic heterocycles. The number of benzene rings is 1. The molecule has 0 saturated heterocycles. The number of rotatable bonds is 2. The number of aromatic nitrogens is 1. The normalized spacial score (nSPS) is 10.4. The molecular weight excluding hydrogens is 296 g/mol. The summed E-state index contributed by atoms with van der Waals surface area (Å²) in [5, 5.41) is 12.3. The van der Waals surface area contributed by atoms with Crippen molar-refractivity contribution in [1.82, 2.24) is 4.98 Å². The highest BCUT2D eigenvalue weighted by Gasteiger charge is 2.17. The molecule has 0 fully saturated rings. The highest BCUT2D eigenvalue weighted by molar-refractivity contribution is 7.21. The van der Waals surface area contributed by atoms with E-state index in [9.17, 15) is 4.79 Å². The Bertz CT molecular complexity index is 906. The van der Waals surface area contributed by atoms with Crippen molar-refractivity contribution in [3.8, 4) is 6.07 Å². The van der Waals surface area contributed by atoms with Crippen molar-refractivity contribution < 1.29 is 4.79 Å². The molecule has 0 aliphatic carbocycles. The Hall–Kier alpha value is -2.91. The minimum Gasteiger partial charge on any atom is -0.397 e. The van der Waals surface area contributed by atoms with Crippen molar-refractivity contribution in [2.45, 2.75) is 6.92 Å². The molecule has 3 N–H and O–H groups in total. The molecule has 0 bridgehead atoms. The van der Waals surface area contributed by atoms with Gasteiger partial charge in [-0.1, -0.05) is 0 Å². The SMILES string of the molecule is Cc1ccc2c(N)c(C(=O)Nc3ccc(C#N)cc3)sc2n1. The molecule has 0 aliphatic rings. The Balaban J connectivity index is 1.91. The smallest absolute Gasteiger partial charge is 0.267 e. The number of nitrogen functional groups attached to an aromatic ring is 1. The van der Waals surface area contributed by atoms with E-state index in [0.29, 0.717) is 21.8 Å². The first kappa shape index (κ1) is 14.0. The molecule has 0 unspecified atom stereocenters. The van der Waals surface area contributed by atoms with E-state index in [4.69, 9.17) is 11.0 Å². The summed E-state index contributed by atoms with van der Waals surface area (Å²) in [4.78, 5) is 18.0. The average Bonchev–Trinajstić information content (AvgIpc) is 2.84. The van der Waals surface area contributed by atoms with Crippen LogP contribution >= 0.6 is 11.3 Å². The van der Waals surface area contributed by atoms with Crippen molar-refractivity contribution in [2.24, 2.45) is 0 Å². The lowest BCUT2D eigenvalue weighted by Crippen LogP contribution is -2.11. The number of amides is 1. The van der Waals surface area contributed by atoms with Gasteiger partial charge in [0, 0.05) is 16.8 Å². The predicted octanol–water partition coefficient (Wildman–Crippen LogP) is 3.31. The maximum absolute atomic E-state index is 12.4. The van der Waals surface area contributed by atoms with Gasteiger partial charge in [-0.2, -0.15) is 5.26 Å². The Kier molecular flexibility index (Phi) is 3.49. The van der Waals surface area contributed by atoms with Crippen LogP contribution in [0.5, 0.6) is 0 Å². The number of thiophene rings is 1. The van der Waals surface area contributed by atoms with E-state index in [1.165, 1.54) is 11.3 Å². The fourth-order valence-electron chi connectivity index (χ4n) is 2.07. The largest absolute Gasteiger partial charge is 0.397 e. The van der Waals surface area contributed by atoms with Crippen molar-refractivity contribution in [2.75, 3.05) is 11.1 Å². The first-order chi connectivity index (χ1) is 10.6. The fourth-order valence-corrected chi connectivity index (χ4v) is 3.11. The van der Waals surface area contributed by atoms with Crippen LogP contribution in [-0.4, -0.2) is 10.9 Å². The lowest BCUT2D eigenvalue weighted by Gasteiger charge is -2.04. The number of pyridine rings is 1. The second-order valence-electron chi connectivity index (χ2n) is 4.79. The third kappa shape index (κ3) is 2.50. The third-order valence-electron chi connectivity index (χ3n) is 3.21. The standard InChI is InChI=1S/C16H12N4OS/c1-9-2-7-12-13(18)14(22-16(12)19-9)15(21)20-11-5-3-10(8-17)4-6-11/h2-7H,18H2,1H3,(H,20,21). The van der Waals surface area contributed by atoms with Crippen LogP contribution in [0.3, 0.4) is 0 Å². The molecule has 22 heavy (non-hydrogen) atoms. The van der Waals surface area contributed by atoms with Crippen LogP contribution in [0.4, 0.5) is 11.4 Å². The van der Waals surface area contributed by atoms with Crippen molar-refractivity contribution in [3.05, 3.63) is 52.5 Å². The number of anilines is 2. The van der Waals surface area contributed by atoms with Crippen LogP contribution < -0.4 is 11.1 Å². The van der Waals surface area contributed by atoms with Gasteiger partial charge in [0.05, 0.1) is 17.3 Å². The summed E-state index contributed by atoms with van der Waals surface area (Å²) < 4.78 is 0. The molecule has 0 spiro atoms. The number of aryl methyl sites for hydroxylation is 1. The van der Waals surface area contributed by atoms with Crippen LogP contribution in [-0.2, 0) is 0 Å². The van der Waals surface area contributed by atoms with E-state index < -0.39 is 0 Å². The first-order valence-electron chi connectivity index (χ1n) is 6.55. The monoisotopic (exact) mass is 308 g/mol. The highest BCUT2D eigenvalue weighted by Crippen LogP contribution is 2.33. The molecule has 0 radical (unpaired) electrons. The lowest BCUT2D eigenvalue weighted by atomic mass is 10.2. The van der Waals surface area contributed by atoms with Gasteiger partial charge in [0.15, 0.2) is 0 Å². The summed E-state index contributed by atoms with van der Waals surface area (Å²) in [7, 11) is 0. The number of hydrogen-bond acceptors (Lipinski definition) is 5. The maximum atomic E-state index is 12.4. The van der Waals surface area contributed by atoms with Crippen LogP contribution in [0.15, 0.2) is 36.4 Å². The van der Waals surface area contributed by atoms with E-state index >= 15 is 0 Å². The molecule has 1 amide bonds. The third-order valence-corrected chi connectivity index (χ3v) is 4.33. The molecule has 5 nitrogen and oxygen atoms in total. The van der Waals surface area contributed by atoms with Gasteiger partial charge in [-0.05, 0) is 43.3 Å². The van der Waals surface area contributed by atoms with Gasteiger partial charge in [-0.25, -0.2) is 4.98 Å². The summed E-state index contributed by atoms with van der Waals surface area (Å²) in [5.41, 5.74) is 8.54. The molecule has 2 heterocycles. The zero-order valence-electron chi connectivity index (χ0n) is 11.8. The molecule has 2 aromatic heterocycles. The number of nitrogens with one attached hydrogen (secondary N) is 1. The van der Waals surface area contributed by atoms with Crippen molar-refractivity contribution >= 4 is 38.8 Å². The number of fused-ring (bicyclic) bond motifs is 1. The Morgan fingerprint density at radius 1 is 1.27 bits per heavy atom. The molecule has 1 aromatic carbocycles. The quantitative estimate of drug-likeness (QED) is 0.759. The number of nitrogens with zero attached hydrogens (tertiary/aromatic N) is 2. The minimum atomic E-state index is -0.275. The van der Waals surface area contributed by atoms with Gasteiger partial charge in [-0.3, -0.25) is 4.79 Å². The van der Waals surface area contributed by atoms with Gasteiger partial charge >= 0.3 is 0 Å². The maximum Gasteiger partial charge on any atom is 0.267 e. The second kappa shape index (κ2) is 5.47. The summed E-state index contributed by atoms with van der Waals surface area (Å²) >= 11 is 1.27. The van der Waals surface area contributed by atoms with Gasteiger partial charge in [-0.15, -0.1) is 11.3 Å². The van der Waals surface area contributed by atoms with Crippen LogP contribution in [0.25, 0.3) is 10.2 Å². The van der Waals surface area contributed by atoms with E-state index in [1.54, 1.807) is 24.3 Å². The Morgan fingerprint density at radius 3 is 2.68 bits per heavy atom. The highest BCUT2D eigenvalue weighted by atomic mass is 32.1. The van der Waals surface area contributed by atoms with Crippen molar-refractivity contribution in [1.29, 1.82) is 5.26 Å². The van der Waals surface area contributed by atoms with Crippen LogP contribution in [0.2, 0.25) is 0 Å². The second-order valence-corrected chi connectivity index (χ2v) is 5.79. The fraction of sp³-hybridized carbons (Fsp3) is 0.0625. The summed E-state index contributed by atoms with van der Waals surface area (Å²) in [5.74, 6) is -0.275. The van der Waals surface area contributed by atoms with Crippen LogP contribution in [0.1, 0.15) is 20.9 Å². The average molecular weight is 308 g/mol. The topological polar surface area (TPSA) is 91.8 Å². The van der Waals surface area contributed by atoms with E-state index in [0.717, 1.165) is 15.9 Å².